The normalized spacial score (nSPS) is 18.4. The molecular weight excluding hydrogens is 537 g/mol. The van der Waals surface area contributed by atoms with E-state index in [-0.39, 0.29) is 22.9 Å². The first-order valence-electron chi connectivity index (χ1n) is 12.4. The number of carbonyl (C=O) groups excluding carboxylic acids is 2. The maximum absolute atomic E-state index is 15.1. The summed E-state index contributed by atoms with van der Waals surface area (Å²) in [4.78, 5) is 33.9. The van der Waals surface area contributed by atoms with Gasteiger partial charge < -0.3 is 10.1 Å². The Bertz CT molecular complexity index is 1570. The molecule has 2 amide bonds. The minimum Gasteiger partial charge on any atom is -0.444 e. The van der Waals surface area contributed by atoms with Gasteiger partial charge in [-0.25, -0.2) is 26.9 Å². The predicted molar refractivity (Wildman–Crippen MR) is 150 cm³/mol. The molecule has 1 atom stereocenters. The zero-order valence-corrected chi connectivity index (χ0v) is 23.5. The number of aromatic nitrogens is 1. The molecule has 4 rings (SSSR count). The van der Waals surface area contributed by atoms with Gasteiger partial charge in [-0.3, -0.25) is 15.1 Å². The minimum absolute atomic E-state index is 0.0853. The van der Waals surface area contributed by atoms with Gasteiger partial charge >= 0.3 is 6.09 Å². The fourth-order valence-corrected chi connectivity index (χ4v) is 5.57. The van der Waals surface area contributed by atoms with Crippen LogP contribution in [0.2, 0.25) is 0 Å². The van der Waals surface area contributed by atoms with Crippen LogP contribution in [0.25, 0.3) is 11.1 Å². The van der Waals surface area contributed by atoms with E-state index in [9.17, 15) is 18.0 Å². The number of aliphatic imine (C=N–C) groups is 1. The summed E-state index contributed by atoms with van der Waals surface area (Å²) in [6.45, 7) is 6.40. The Hall–Kier alpha value is -4.32. The summed E-state index contributed by atoms with van der Waals surface area (Å²) in [5, 5.41) is 5.02. The van der Waals surface area contributed by atoms with Crippen LogP contribution in [0.15, 0.2) is 71.9 Å². The summed E-state index contributed by atoms with van der Waals surface area (Å²) in [6.07, 6.45) is 0.670. The van der Waals surface area contributed by atoms with Crippen molar-refractivity contribution < 1.29 is 27.1 Å². The van der Waals surface area contributed by atoms with Gasteiger partial charge in [0.05, 0.1) is 5.75 Å². The third-order valence-corrected chi connectivity index (χ3v) is 7.99. The quantitative estimate of drug-likeness (QED) is 0.477. The predicted octanol–water partition coefficient (Wildman–Crippen LogP) is 4.51. The Morgan fingerprint density at radius 2 is 1.73 bits per heavy atom. The largest absolute Gasteiger partial charge is 0.444 e. The van der Waals surface area contributed by atoms with E-state index in [0.29, 0.717) is 0 Å². The molecule has 1 aromatic heterocycles. The number of benzene rings is 2. The van der Waals surface area contributed by atoms with Crippen LogP contribution < -0.4 is 10.6 Å². The lowest BCUT2D eigenvalue weighted by molar-refractivity contribution is 0.0558. The molecule has 2 heterocycles. The average Bonchev–Trinajstić information content (AvgIpc) is 2.87. The number of rotatable bonds is 4. The number of hydrogen-bond acceptors (Lipinski definition) is 7. The van der Waals surface area contributed by atoms with Crippen LogP contribution in [0, 0.1) is 5.82 Å². The van der Waals surface area contributed by atoms with Crippen LogP contribution in [-0.4, -0.2) is 54.1 Å². The SMILES string of the molecule is CN1C(NC(=O)OC(C)(C)C)=N[C@](C)(c2cc(NC(=O)c3ccc(-c4ccccc4)cn3)ccc2F)CS1(=O)=O. The van der Waals surface area contributed by atoms with Gasteiger partial charge in [0.2, 0.25) is 16.0 Å². The van der Waals surface area contributed by atoms with Crippen molar-refractivity contribution in [1.29, 1.82) is 0 Å². The second kappa shape index (κ2) is 10.7. The lowest BCUT2D eigenvalue weighted by Gasteiger charge is -2.36. The Balaban J connectivity index is 1.60. The molecule has 1 aliphatic heterocycles. The van der Waals surface area contributed by atoms with Crippen LogP contribution in [0.3, 0.4) is 0 Å². The third-order valence-electron chi connectivity index (χ3n) is 6.05. The van der Waals surface area contributed by atoms with Crippen molar-refractivity contribution in [3.8, 4) is 11.1 Å². The van der Waals surface area contributed by atoms with Crippen molar-refractivity contribution in [2.75, 3.05) is 18.1 Å². The molecule has 10 nitrogen and oxygen atoms in total. The number of sulfonamides is 1. The number of guanidine groups is 1. The summed E-state index contributed by atoms with van der Waals surface area (Å²) in [5.41, 5.74) is -0.409. The monoisotopic (exact) mass is 567 g/mol. The van der Waals surface area contributed by atoms with Gasteiger partial charge in [0.1, 0.15) is 22.7 Å². The van der Waals surface area contributed by atoms with Gasteiger partial charge in [0, 0.05) is 30.1 Å². The summed E-state index contributed by atoms with van der Waals surface area (Å²) < 4.78 is 47.1. The fourth-order valence-electron chi connectivity index (χ4n) is 4.10. The topological polar surface area (TPSA) is 130 Å². The number of halogens is 1. The number of alkyl carbamates (subject to hydrolysis) is 1. The Labute approximate surface area is 232 Å². The van der Waals surface area contributed by atoms with Crippen molar-refractivity contribution in [3.63, 3.8) is 0 Å². The highest BCUT2D eigenvalue weighted by atomic mass is 32.2. The molecule has 2 N–H and O–H groups in total. The molecule has 0 fully saturated rings. The van der Waals surface area contributed by atoms with Crippen molar-refractivity contribution in [3.05, 3.63) is 83.9 Å². The van der Waals surface area contributed by atoms with Crippen LogP contribution in [0.1, 0.15) is 43.7 Å². The molecule has 0 spiro atoms. The molecule has 0 saturated heterocycles. The van der Waals surface area contributed by atoms with Crippen LogP contribution in [-0.2, 0) is 20.3 Å². The molecule has 1 aliphatic rings. The highest BCUT2D eigenvalue weighted by Crippen LogP contribution is 2.35. The third kappa shape index (κ3) is 6.45. The number of amides is 2. The molecule has 2 aromatic carbocycles. The van der Waals surface area contributed by atoms with Gasteiger partial charge in [0.15, 0.2) is 0 Å². The molecule has 0 aliphatic carbocycles. The van der Waals surface area contributed by atoms with E-state index in [4.69, 9.17) is 4.74 Å². The van der Waals surface area contributed by atoms with E-state index in [2.05, 4.69) is 20.6 Å². The van der Waals surface area contributed by atoms with E-state index in [0.717, 1.165) is 21.5 Å². The summed E-state index contributed by atoms with van der Waals surface area (Å²) in [6, 6.07) is 16.7. The van der Waals surface area contributed by atoms with Crippen LogP contribution >= 0.6 is 0 Å². The highest BCUT2D eigenvalue weighted by molar-refractivity contribution is 7.89. The number of anilines is 1. The van der Waals surface area contributed by atoms with E-state index < -0.39 is 44.7 Å². The Kier molecular flexibility index (Phi) is 7.66. The first-order valence-corrected chi connectivity index (χ1v) is 14.0. The van der Waals surface area contributed by atoms with Gasteiger partial charge in [-0.2, -0.15) is 0 Å². The minimum atomic E-state index is -4.01. The van der Waals surface area contributed by atoms with E-state index in [1.807, 2.05) is 30.3 Å². The maximum Gasteiger partial charge on any atom is 0.414 e. The van der Waals surface area contributed by atoms with E-state index >= 15 is 4.39 Å². The van der Waals surface area contributed by atoms with Crippen LogP contribution in [0.4, 0.5) is 14.9 Å². The molecule has 0 saturated carbocycles. The number of ether oxygens (including phenoxy) is 1. The van der Waals surface area contributed by atoms with Crippen LogP contribution in [0.5, 0.6) is 0 Å². The molecule has 0 radical (unpaired) electrons. The summed E-state index contributed by atoms with van der Waals surface area (Å²) >= 11 is 0. The van der Waals surface area contributed by atoms with Crippen molar-refractivity contribution >= 4 is 33.7 Å². The molecule has 12 heteroatoms. The lowest BCUT2D eigenvalue weighted by Crippen LogP contribution is -2.54. The molecule has 0 unspecified atom stereocenters. The number of carbonyl (C=O) groups is 2. The highest BCUT2D eigenvalue weighted by Gasteiger charge is 2.43. The Morgan fingerprint density at radius 1 is 1.02 bits per heavy atom. The average molecular weight is 568 g/mol. The van der Waals surface area contributed by atoms with Crippen molar-refractivity contribution in [2.24, 2.45) is 4.99 Å². The Morgan fingerprint density at radius 3 is 2.35 bits per heavy atom. The molecule has 210 valence electrons. The second-order valence-corrected chi connectivity index (χ2v) is 12.5. The zero-order valence-electron chi connectivity index (χ0n) is 22.7. The van der Waals surface area contributed by atoms with Crippen molar-refractivity contribution in [1.82, 2.24) is 14.6 Å². The summed E-state index contributed by atoms with van der Waals surface area (Å²) in [7, 11) is -2.78. The fraction of sp³-hybridized carbons (Fsp3) is 0.286. The molecular formula is C28H30FN5O5S. The summed E-state index contributed by atoms with van der Waals surface area (Å²) in [5.74, 6) is -2.16. The number of pyridine rings is 1. The molecule has 3 aromatic rings. The smallest absolute Gasteiger partial charge is 0.414 e. The van der Waals surface area contributed by atoms with E-state index in [1.54, 1.807) is 39.1 Å². The maximum atomic E-state index is 15.1. The standard InChI is InChI=1S/C28H30FN5O5S/c1-27(2,3)39-26(36)32-25-33-28(4,17-40(37,38)34(25)5)21-15-20(12-13-22(21)29)31-24(35)23-14-11-19(16-30-23)18-9-7-6-8-10-18/h6-16H,17H2,1-5H3,(H,31,35)(H,32,33,36)/t28-/m0/s1. The van der Waals surface area contributed by atoms with E-state index in [1.165, 1.54) is 26.1 Å². The lowest BCUT2D eigenvalue weighted by atomic mass is 9.93. The first-order chi connectivity index (χ1) is 18.7. The van der Waals surface area contributed by atoms with Gasteiger partial charge in [-0.05, 0) is 57.5 Å². The van der Waals surface area contributed by atoms with Gasteiger partial charge in [0.25, 0.3) is 5.91 Å². The number of nitrogens with zero attached hydrogens (tertiary/aromatic N) is 3. The van der Waals surface area contributed by atoms with Gasteiger partial charge in [-0.15, -0.1) is 0 Å². The van der Waals surface area contributed by atoms with Crippen molar-refractivity contribution in [2.45, 2.75) is 38.8 Å². The number of hydrogen-bond donors (Lipinski definition) is 2. The van der Waals surface area contributed by atoms with Gasteiger partial charge in [-0.1, -0.05) is 36.4 Å². The second-order valence-electron chi connectivity index (χ2n) is 10.5. The molecule has 40 heavy (non-hydrogen) atoms. The number of nitrogens with one attached hydrogen (secondary N) is 2. The molecule has 0 bridgehead atoms. The first kappa shape index (κ1) is 28.7. The zero-order chi connectivity index (χ0) is 29.3.